The van der Waals surface area contributed by atoms with E-state index in [0.29, 0.717) is 5.56 Å². The molecule has 1 N–H and O–H groups in total. The molecule has 0 aliphatic heterocycles. The third kappa shape index (κ3) is 2.19. The lowest BCUT2D eigenvalue weighted by molar-refractivity contribution is -0.137. The molecule has 14 heavy (non-hydrogen) atoms. The molecule has 1 aromatic rings. The molecule has 0 heterocycles. The van der Waals surface area contributed by atoms with Gasteiger partial charge >= 0.3 is 6.18 Å². The normalized spacial score (nSPS) is 11.9. The zero-order valence-electron chi connectivity index (χ0n) is 7.32. The van der Waals surface area contributed by atoms with Gasteiger partial charge in [0.1, 0.15) is 0 Å². The molecule has 0 atom stereocenters. The predicted molar refractivity (Wildman–Crippen MR) is 47.1 cm³/mol. The molecule has 0 saturated heterocycles. The summed E-state index contributed by atoms with van der Waals surface area (Å²) in [5.41, 5.74) is -0.124. The monoisotopic (exact) mass is 224 g/mol. The predicted octanol–water partition coefficient (Wildman–Crippen LogP) is 3.16. The molecule has 0 aliphatic carbocycles. The summed E-state index contributed by atoms with van der Waals surface area (Å²) in [6, 6.07) is 2.08. The van der Waals surface area contributed by atoms with Gasteiger partial charge in [-0.1, -0.05) is 11.6 Å². The number of hydrogen-bond acceptors (Lipinski definition) is 1. The van der Waals surface area contributed by atoms with Crippen molar-refractivity contribution in [2.45, 2.75) is 19.7 Å². The van der Waals surface area contributed by atoms with Crippen LogP contribution in [0, 0.1) is 6.92 Å². The van der Waals surface area contributed by atoms with Gasteiger partial charge < -0.3 is 5.11 Å². The maximum atomic E-state index is 12.3. The summed E-state index contributed by atoms with van der Waals surface area (Å²) in [7, 11) is 0. The van der Waals surface area contributed by atoms with Gasteiger partial charge in [0.2, 0.25) is 0 Å². The lowest BCUT2D eigenvalue weighted by Gasteiger charge is -2.12. The minimum absolute atomic E-state index is 0.238. The zero-order valence-corrected chi connectivity index (χ0v) is 8.08. The van der Waals surface area contributed by atoms with Gasteiger partial charge in [-0.15, -0.1) is 0 Å². The minimum atomic E-state index is -4.48. The maximum absolute atomic E-state index is 12.3. The first kappa shape index (κ1) is 11.3. The number of benzene rings is 1. The van der Waals surface area contributed by atoms with Crippen molar-refractivity contribution in [1.29, 1.82) is 0 Å². The van der Waals surface area contributed by atoms with Crippen molar-refractivity contribution in [3.8, 4) is 0 Å². The Morgan fingerprint density at radius 2 is 1.93 bits per heavy atom. The highest BCUT2D eigenvalue weighted by Crippen LogP contribution is 2.36. The van der Waals surface area contributed by atoms with Crippen LogP contribution in [0.5, 0.6) is 0 Å². The Labute approximate surface area is 84.1 Å². The van der Waals surface area contributed by atoms with Crippen LogP contribution in [0.15, 0.2) is 12.1 Å². The van der Waals surface area contributed by atoms with Gasteiger partial charge in [0.25, 0.3) is 0 Å². The number of hydrogen-bond donors (Lipinski definition) is 1. The van der Waals surface area contributed by atoms with E-state index in [0.717, 1.165) is 6.07 Å². The van der Waals surface area contributed by atoms with E-state index in [1.54, 1.807) is 6.92 Å². The highest BCUT2D eigenvalue weighted by Gasteiger charge is 2.33. The van der Waals surface area contributed by atoms with Crippen molar-refractivity contribution in [2.24, 2.45) is 0 Å². The van der Waals surface area contributed by atoms with Gasteiger partial charge in [0, 0.05) is 0 Å². The fraction of sp³-hybridized carbons (Fsp3) is 0.333. The molecule has 1 rings (SSSR count). The molecule has 0 fully saturated rings. The molecule has 78 valence electrons. The third-order valence-corrected chi connectivity index (χ3v) is 2.21. The number of aryl methyl sites for hydroxylation is 1. The van der Waals surface area contributed by atoms with E-state index in [-0.39, 0.29) is 10.6 Å². The number of alkyl halides is 3. The van der Waals surface area contributed by atoms with Crippen molar-refractivity contribution >= 4 is 11.6 Å². The summed E-state index contributed by atoms with van der Waals surface area (Å²) in [6.07, 6.45) is -4.48. The number of rotatable bonds is 1. The fourth-order valence-electron chi connectivity index (χ4n) is 1.11. The van der Waals surface area contributed by atoms with Gasteiger partial charge in [0.15, 0.2) is 0 Å². The van der Waals surface area contributed by atoms with E-state index in [1.807, 2.05) is 0 Å². The Balaban J connectivity index is 3.32. The Morgan fingerprint density at radius 1 is 1.36 bits per heavy atom. The van der Waals surface area contributed by atoms with E-state index in [9.17, 15) is 13.2 Å². The van der Waals surface area contributed by atoms with Crippen LogP contribution < -0.4 is 0 Å². The van der Waals surface area contributed by atoms with Crippen LogP contribution in [0.1, 0.15) is 16.7 Å². The topological polar surface area (TPSA) is 20.2 Å². The van der Waals surface area contributed by atoms with Gasteiger partial charge in [-0.25, -0.2) is 0 Å². The molecule has 0 unspecified atom stereocenters. The number of halogens is 4. The number of aliphatic hydroxyl groups excluding tert-OH is 1. The smallest absolute Gasteiger partial charge is 0.392 e. The first-order valence-electron chi connectivity index (χ1n) is 3.83. The Kier molecular flexibility index (Phi) is 3.07. The minimum Gasteiger partial charge on any atom is -0.392 e. The molecule has 5 heteroatoms. The largest absolute Gasteiger partial charge is 0.417 e. The van der Waals surface area contributed by atoms with Crippen LogP contribution in [0.2, 0.25) is 5.02 Å². The van der Waals surface area contributed by atoms with Gasteiger partial charge in [-0.3, -0.25) is 0 Å². The van der Waals surface area contributed by atoms with Crippen molar-refractivity contribution in [1.82, 2.24) is 0 Å². The van der Waals surface area contributed by atoms with E-state index in [1.165, 1.54) is 6.07 Å². The maximum Gasteiger partial charge on any atom is 0.417 e. The van der Waals surface area contributed by atoms with Crippen molar-refractivity contribution in [3.05, 3.63) is 33.8 Å². The third-order valence-electron chi connectivity index (χ3n) is 1.90. The molecule has 0 amide bonds. The van der Waals surface area contributed by atoms with Crippen LogP contribution >= 0.6 is 11.6 Å². The summed E-state index contributed by atoms with van der Waals surface area (Å²) < 4.78 is 37.0. The van der Waals surface area contributed by atoms with Crippen molar-refractivity contribution < 1.29 is 18.3 Å². The summed E-state index contributed by atoms with van der Waals surface area (Å²) in [5, 5.41) is 8.45. The number of aliphatic hydroxyl groups is 1. The Bertz CT molecular complexity index is 347. The van der Waals surface area contributed by atoms with Gasteiger partial charge in [-0.2, -0.15) is 13.2 Å². The average Bonchev–Trinajstić information content (AvgIpc) is 2.02. The molecular formula is C9H8ClF3O. The summed E-state index contributed by atoms with van der Waals surface area (Å²) in [6.45, 7) is 1.17. The highest BCUT2D eigenvalue weighted by atomic mass is 35.5. The summed E-state index contributed by atoms with van der Waals surface area (Å²) in [4.78, 5) is 0. The summed E-state index contributed by atoms with van der Waals surface area (Å²) in [5.74, 6) is 0. The lowest BCUT2D eigenvalue weighted by Crippen LogP contribution is -2.07. The van der Waals surface area contributed by atoms with E-state index in [2.05, 4.69) is 0 Å². The first-order chi connectivity index (χ1) is 6.36. The molecule has 1 nitrogen and oxygen atoms in total. The van der Waals surface area contributed by atoms with E-state index in [4.69, 9.17) is 16.7 Å². The standard InChI is InChI=1S/C9H8ClF3O/c1-5-2-8(10)7(9(11,12)13)3-6(5)4-14/h2-3,14H,4H2,1H3. The van der Waals surface area contributed by atoms with Crippen LogP contribution in [0.3, 0.4) is 0 Å². The van der Waals surface area contributed by atoms with Crippen LogP contribution in [0.4, 0.5) is 13.2 Å². The second-order valence-electron chi connectivity index (χ2n) is 2.91. The average molecular weight is 225 g/mol. The Morgan fingerprint density at radius 3 is 2.36 bits per heavy atom. The fourth-order valence-corrected chi connectivity index (χ4v) is 1.43. The molecule has 0 saturated carbocycles. The second kappa shape index (κ2) is 3.79. The van der Waals surface area contributed by atoms with Gasteiger partial charge in [0.05, 0.1) is 17.2 Å². The summed E-state index contributed by atoms with van der Waals surface area (Å²) >= 11 is 5.44. The molecule has 0 bridgehead atoms. The highest BCUT2D eigenvalue weighted by molar-refractivity contribution is 6.31. The van der Waals surface area contributed by atoms with Gasteiger partial charge in [-0.05, 0) is 30.2 Å². The van der Waals surface area contributed by atoms with E-state index < -0.39 is 18.3 Å². The Hall–Kier alpha value is -0.740. The lowest BCUT2D eigenvalue weighted by atomic mass is 10.1. The molecule has 0 aromatic heterocycles. The molecule has 0 aliphatic rings. The first-order valence-corrected chi connectivity index (χ1v) is 4.21. The molecular weight excluding hydrogens is 217 g/mol. The molecule has 0 radical (unpaired) electrons. The second-order valence-corrected chi connectivity index (χ2v) is 3.32. The van der Waals surface area contributed by atoms with Crippen molar-refractivity contribution in [2.75, 3.05) is 0 Å². The SMILES string of the molecule is Cc1cc(Cl)c(C(F)(F)F)cc1CO. The molecule has 0 spiro atoms. The van der Waals surface area contributed by atoms with Crippen LogP contribution in [0.25, 0.3) is 0 Å². The van der Waals surface area contributed by atoms with E-state index >= 15 is 0 Å². The zero-order chi connectivity index (χ0) is 10.9. The molecule has 1 aromatic carbocycles. The van der Waals surface area contributed by atoms with Crippen LogP contribution in [-0.4, -0.2) is 5.11 Å². The van der Waals surface area contributed by atoms with Crippen molar-refractivity contribution in [3.63, 3.8) is 0 Å². The quantitative estimate of drug-likeness (QED) is 0.777. The van der Waals surface area contributed by atoms with Crippen LogP contribution in [-0.2, 0) is 12.8 Å².